The van der Waals surface area contributed by atoms with Crippen LogP contribution in [0.1, 0.15) is 25.3 Å². The fourth-order valence-corrected chi connectivity index (χ4v) is 1.51. The van der Waals surface area contributed by atoms with E-state index in [1.54, 1.807) is 0 Å². The molecule has 0 spiro atoms. The zero-order valence-electron chi connectivity index (χ0n) is 10.5. The highest BCUT2D eigenvalue weighted by Gasteiger charge is 1.96. The van der Waals surface area contributed by atoms with Gasteiger partial charge < -0.3 is 9.47 Å². The van der Waals surface area contributed by atoms with Gasteiger partial charge in [0.1, 0.15) is 19.0 Å². The molecule has 0 saturated carbocycles. The first-order valence-electron chi connectivity index (χ1n) is 6.22. The van der Waals surface area contributed by atoms with Gasteiger partial charge in [-0.1, -0.05) is 25.5 Å². The number of ether oxygens (including phenoxy) is 2. The molecule has 0 aliphatic heterocycles. The average molecular weight is 240 g/mol. The number of hydrogen-bond acceptors (Lipinski definition) is 2. The first-order valence-corrected chi connectivity index (χ1v) is 6.22. The minimum absolute atomic E-state index is 0.152. The highest BCUT2D eigenvalue weighted by Crippen LogP contribution is 2.13. The van der Waals surface area contributed by atoms with E-state index >= 15 is 0 Å². The number of benzene rings is 1. The van der Waals surface area contributed by atoms with Crippen molar-refractivity contribution in [2.75, 3.05) is 26.5 Å². The Balaban J connectivity index is 2.20. The van der Waals surface area contributed by atoms with Crippen LogP contribution in [0.4, 0.5) is 4.39 Å². The van der Waals surface area contributed by atoms with Crippen LogP contribution in [0.5, 0.6) is 5.75 Å². The number of aryl methyl sites for hydroxylation is 1. The molecule has 0 aliphatic rings. The summed E-state index contributed by atoms with van der Waals surface area (Å²) in [5.41, 5.74) is 1.34. The summed E-state index contributed by atoms with van der Waals surface area (Å²) in [7, 11) is 0. The molecule has 0 radical (unpaired) electrons. The lowest BCUT2D eigenvalue weighted by atomic mass is 10.1. The van der Waals surface area contributed by atoms with E-state index in [4.69, 9.17) is 9.47 Å². The van der Waals surface area contributed by atoms with Crippen molar-refractivity contribution < 1.29 is 13.9 Å². The van der Waals surface area contributed by atoms with Gasteiger partial charge in [-0.2, -0.15) is 0 Å². The molecule has 17 heavy (non-hydrogen) atoms. The van der Waals surface area contributed by atoms with Crippen molar-refractivity contribution in [1.29, 1.82) is 0 Å². The molecular weight excluding hydrogens is 219 g/mol. The van der Waals surface area contributed by atoms with Crippen LogP contribution in [0, 0.1) is 0 Å². The maximum Gasteiger partial charge on any atom is 0.119 e. The molecule has 3 heteroatoms. The lowest BCUT2D eigenvalue weighted by Crippen LogP contribution is -2.08. The van der Waals surface area contributed by atoms with Crippen molar-refractivity contribution in [3.63, 3.8) is 0 Å². The van der Waals surface area contributed by atoms with Gasteiger partial charge in [-0.05, 0) is 30.5 Å². The molecule has 0 saturated heterocycles. The lowest BCUT2D eigenvalue weighted by Gasteiger charge is -2.07. The molecule has 96 valence electrons. The number of halogens is 1. The van der Waals surface area contributed by atoms with Gasteiger partial charge >= 0.3 is 0 Å². The fourth-order valence-electron chi connectivity index (χ4n) is 1.51. The van der Waals surface area contributed by atoms with E-state index in [9.17, 15) is 4.39 Å². The van der Waals surface area contributed by atoms with Crippen molar-refractivity contribution in [3.05, 3.63) is 29.8 Å². The summed E-state index contributed by atoms with van der Waals surface area (Å²) in [5.74, 6) is 0.842. The Hall–Kier alpha value is -1.09. The van der Waals surface area contributed by atoms with Crippen LogP contribution in [0.3, 0.4) is 0 Å². The van der Waals surface area contributed by atoms with Crippen LogP contribution < -0.4 is 4.74 Å². The molecule has 0 unspecified atom stereocenters. The van der Waals surface area contributed by atoms with Gasteiger partial charge in [0.2, 0.25) is 0 Å². The van der Waals surface area contributed by atoms with Crippen molar-refractivity contribution in [3.8, 4) is 5.75 Å². The van der Waals surface area contributed by atoms with Crippen molar-refractivity contribution in [2.45, 2.75) is 26.2 Å². The standard InChI is InChI=1S/C14H21FO2/c1-2-3-4-13-5-7-14(8-6-13)17-12-11-16-10-9-15/h5-8H,2-4,9-12H2,1H3. The van der Waals surface area contributed by atoms with E-state index in [0.29, 0.717) is 13.2 Å². The maximum absolute atomic E-state index is 11.7. The van der Waals surface area contributed by atoms with Crippen LogP contribution in [-0.2, 0) is 11.2 Å². The Morgan fingerprint density at radius 1 is 1.06 bits per heavy atom. The topological polar surface area (TPSA) is 18.5 Å². The van der Waals surface area contributed by atoms with E-state index in [-0.39, 0.29) is 6.61 Å². The second-order valence-corrected chi connectivity index (χ2v) is 3.90. The molecular formula is C14H21FO2. The van der Waals surface area contributed by atoms with Crippen molar-refractivity contribution in [2.24, 2.45) is 0 Å². The van der Waals surface area contributed by atoms with Gasteiger partial charge in [-0.25, -0.2) is 4.39 Å². The third kappa shape index (κ3) is 6.27. The molecule has 1 rings (SSSR count). The largest absolute Gasteiger partial charge is 0.491 e. The Bertz CT molecular complexity index is 285. The predicted molar refractivity (Wildman–Crippen MR) is 67.3 cm³/mol. The van der Waals surface area contributed by atoms with Gasteiger partial charge in [0.05, 0.1) is 13.2 Å². The van der Waals surface area contributed by atoms with Gasteiger partial charge in [0, 0.05) is 0 Å². The van der Waals surface area contributed by atoms with E-state index in [2.05, 4.69) is 19.1 Å². The Labute approximate surface area is 103 Å². The van der Waals surface area contributed by atoms with Crippen molar-refractivity contribution in [1.82, 2.24) is 0 Å². The second-order valence-electron chi connectivity index (χ2n) is 3.90. The Kier molecular flexibility index (Phi) is 7.39. The van der Waals surface area contributed by atoms with Gasteiger partial charge in [-0.15, -0.1) is 0 Å². The maximum atomic E-state index is 11.7. The molecule has 0 aliphatic carbocycles. The molecule has 0 N–H and O–H groups in total. The van der Waals surface area contributed by atoms with Gasteiger partial charge in [-0.3, -0.25) is 0 Å². The highest BCUT2D eigenvalue weighted by atomic mass is 19.1. The Morgan fingerprint density at radius 2 is 1.82 bits per heavy atom. The lowest BCUT2D eigenvalue weighted by molar-refractivity contribution is 0.0897. The smallest absolute Gasteiger partial charge is 0.119 e. The monoisotopic (exact) mass is 240 g/mol. The van der Waals surface area contributed by atoms with Crippen LogP contribution in [0.15, 0.2) is 24.3 Å². The van der Waals surface area contributed by atoms with Crippen LogP contribution in [0.2, 0.25) is 0 Å². The molecule has 0 bridgehead atoms. The number of rotatable bonds is 9. The highest BCUT2D eigenvalue weighted by molar-refractivity contribution is 5.27. The summed E-state index contributed by atoms with van der Waals surface area (Å²) in [6.45, 7) is 2.80. The molecule has 0 amide bonds. The predicted octanol–water partition coefficient (Wildman–Crippen LogP) is 3.39. The zero-order chi connectivity index (χ0) is 12.3. The molecule has 1 aromatic carbocycles. The molecule has 0 heterocycles. The van der Waals surface area contributed by atoms with Crippen molar-refractivity contribution >= 4 is 0 Å². The van der Waals surface area contributed by atoms with Crippen LogP contribution >= 0.6 is 0 Å². The molecule has 1 aromatic rings. The number of alkyl halides is 1. The summed E-state index contributed by atoms with van der Waals surface area (Å²) in [5, 5.41) is 0. The van der Waals surface area contributed by atoms with E-state index in [0.717, 1.165) is 12.2 Å². The molecule has 0 fully saturated rings. The van der Waals surface area contributed by atoms with E-state index in [1.807, 2.05) is 12.1 Å². The normalized spacial score (nSPS) is 10.5. The minimum Gasteiger partial charge on any atom is -0.491 e. The van der Waals surface area contributed by atoms with Gasteiger partial charge in [0.15, 0.2) is 0 Å². The molecule has 0 aromatic heterocycles. The summed E-state index contributed by atoms with van der Waals surface area (Å²) in [6, 6.07) is 8.13. The van der Waals surface area contributed by atoms with E-state index < -0.39 is 6.67 Å². The first-order chi connectivity index (χ1) is 8.36. The summed E-state index contributed by atoms with van der Waals surface area (Å²) in [4.78, 5) is 0. The SMILES string of the molecule is CCCCc1ccc(OCCOCCF)cc1. The summed E-state index contributed by atoms with van der Waals surface area (Å²) >= 11 is 0. The second kappa shape index (κ2) is 8.99. The summed E-state index contributed by atoms with van der Waals surface area (Å²) < 4.78 is 22.2. The number of hydrogen-bond donors (Lipinski definition) is 0. The zero-order valence-corrected chi connectivity index (χ0v) is 10.5. The quantitative estimate of drug-likeness (QED) is 0.616. The van der Waals surface area contributed by atoms with E-state index in [1.165, 1.54) is 18.4 Å². The van der Waals surface area contributed by atoms with Crippen LogP contribution in [0.25, 0.3) is 0 Å². The first kappa shape index (κ1) is 14.0. The Morgan fingerprint density at radius 3 is 2.47 bits per heavy atom. The third-order valence-electron chi connectivity index (χ3n) is 2.46. The average Bonchev–Trinajstić information content (AvgIpc) is 2.37. The summed E-state index contributed by atoms with van der Waals surface area (Å²) in [6.07, 6.45) is 3.55. The van der Waals surface area contributed by atoms with Gasteiger partial charge in [0.25, 0.3) is 0 Å². The molecule has 0 atom stereocenters. The van der Waals surface area contributed by atoms with Crippen LogP contribution in [-0.4, -0.2) is 26.5 Å². The number of unbranched alkanes of at least 4 members (excludes halogenated alkanes) is 1. The fraction of sp³-hybridized carbons (Fsp3) is 0.571. The third-order valence-corrected chi connectivity index (χ3v) is 2.46. The molecule has 2 nitrogen and oxygen atoms in total. The minimum atomic E-state index is -0.438.